The van der Waals surface area contributed by atoms with E-state index in [2.05, 4.69) is 38.7 Å². The predicted molar refractivity (Wildman–Crippen MR) is 140 cm³/mol. The van der Waals surface area contributed by atoms with Crippen LogP contribution in [0.1, 0.15) is 28.9 Å². The van der Waals surface area contributed by atoms with E-state index in [-0.39, 0.29) is 11.3 Å². The SMILES string of the molecule is COc1ccc(C2(CNC(=O)c3cc4ncc(-c5ccc6c(cnn6C)c5)cn4n3)CCOCC2)cc1. The molecule has 3 aromatic heterocycles. The minimum atomic E-state index is -0.219. The summed E-state index contributed by atoms with van der Waals surface area (Å²) in [6.07, 6.45) is 7.21. The molecule has 0 spiro atoms. The molecule has 5 aromatic rings. The topological polar surface area (TPSA) is 95.6 Å². The van der Waals surface area contributed by atoms with Gasteiger partial charge in [0.2, 0.25) is 0 Å². The quantitative estimate of drug-likeness (QED) is 0.385. The summed E-state index contributed by atoms with van der Waals surface area (Å²) in [7, 11) is 3.58. The largest absolute Gasteiger partial charge is 0.497 e. The number of carbonyl (C=O) groups excluding carboxylic acids is 1. The average molecular weight is 497 g/mol. The number of aromatic nitrogens is 5. The Balaban J connectivity index is 1.22. The van der Waals surface area contributed by atoms with E-state index in [1.807, 2.05) is 48.4 Å². The minimum Gasteiger partial charge on any atom is -0.497 e. The van der Waals surface area contributed by atoms with Crippen LogP contribution in [0.3, 0.4) is 0 Å². The molecule has 9 nitrogen and oxygen atoms in total. The van der Waals surface area contributed by atoms with Crippen molar-refractivity contribution in [2.75, 3.05) is 26.9 Å². The fraction of sp³-hybridized carbons (Fsp3) is 0.286. The first-order valence-corrected chi connectivity index (χ1v) is 12.3. The number of amides is 1. The molecule has 0 aliphatic carbocycles. The van der Waals surface area contributed by atoms with Crippen molar-refractivity contribution < 1.29 is 14.3 Å². The van der Waals surface area contributed by atoms with Crippen molar-refractivity contribution in [1.29, 1.82) is 0 Å². The summed E-state index contributed by atoms with van der Waals surface area (Å²) in [6.45, 7) is 1.82. The van der Waals surface area contributed by atoms with Crippen molar-refractivity contribution in [1.82, 2.24) is 29.7 Å². The van der Waals surface area contributed by atoms with Crippen LogP contribution in [0.2, 0.25) is 0 Å². The third kappa shape index (κ3) is 4.31. The van der Waals surface area contributed by atoms with Crippen LogP contribution in [0, 0.1) is 0 Å². The molecule has 188 valence electrons. The number of methoxy groups -OCH3 is 1. The Morgan fingerprint density at radius 1 is 1.08 bits per heavy atom. The zero-order valence-electron chi connectivity index (χ0n) is 20.8. The van der Waals surface area contributed by atoms with Gasteiger partial charge >= 0.3 is 0 Å². The van der Waals surface area contributed by atoms with Crippen molar-refractivity contribution in [3.63, 3.8) is 0 Å². The molecule has 1 fully saturated rings. The van der Waals surface area contributed by atoms with Crippen molar-refractivity contribution in [3.8, 4) is 16.9 Å². The number of ether oxygens (including phenoxy) is 2. The van der Waals surface area contributed by atoms with Gasteiger partial charge in [0.05, 0.1) is 18.8 Å². The molecule has 2 aromatic carbocycles. The number of hydrogen-bond donors (Lipinski definition) is 1. The van der Waals surface area contributed by atoms with E-state index < -0.39 is 0 Å². The van der Waals surface area contributed by atoms with Gasteiger partial charge in [0.1, 0.15) is 5.75 Å². The monoisotopic (exact) mass is 496 g/mol. The van der Waals surface area contributed by atoms with Gasteiger partial charge in [-0.25, -0.2) is 9.50 Å². The second-order valence-electron chi connectivity index (χ2n) is 9.52. The van der Waals surface area contributed by atoms with Gasteiger partial charge in [-0.2, -0.15) is 10.2 Å². The summed E-state index contributed by atoms with van der Waals surface area (Å²) in [4.78, 5) is 17.7. The van der Waals surface area contributed by atoms with Crippen LogP contribution < -0.4 is 10.1 Å². The second-order valence-corrected chi connectivity index (χ2v) is 9.52. The molecule has 1 amide bonds. The third-order valence-corrected chi connectivity index (χ3v) is 7.37. The highest BCUT2D eigenvalue weighted by atomic mass is 16.5. The minimum absolute atomic E-state index is 0.199. The van der Waals surface area contributed by atoms with Gasteiger partial charge < -0.3 is 14.8 Å². The van der Waals surface area contributed by atoms with Gasteiger partial charge in [-0.3, -0.25) is 9.48 Å². The summed E-state index contributed by atoms with van der Waals surface area (Å²) >= 11 is 0. The summed E-state index contributed by atoms with van der Waals surface area (Å²) in [6, 6.07) is 16.0. The molecule has 4 heterocycles. The molecular weight excluding hydrogens is 468 g/mol. The molecule has 0 unspecified atom stereocenters. The van der Waals surface area contributed by atoms with E-state index in [1.54, 1.807) is 23.9 Å². The highest BCUT2D eigenvalue weighted by molar-refractivity contribution is 5.93. The van der Waals surface area contributed by atoms with E-state index >= 15 is 0 Å². The molecule has 1 saturated heterocycles. The lowest BCUT2D eigenvalue weighted by Crippen LogP contribution is -2.44. The van der Waals surface area contributed by atoms with Gasteiger partial charge in [0, 0.05) is 61.6 Å². The van der Waals surface area contributed by atoms with Crippen molar-refractivity contribution in [2.24, 2.45) is 7.05 Å². The number of nitrogens with zero attached hydrogens (tertiary/aromatic N) is 5. The summed E-state index contributed by atoms with van der Waals surface area (Å²) in [5.74, 6) is 0.593. The van der Waals surface area contributed by atoms with E-state index in [1.165, 1.54) is 5.56 Å². The summed E-state index contributed by atoms with van der Waals surface area (Å²) in [5, 5.41) is 13.0. The standard InChI is InChI=1S/C28H28N6O3/c1-33-25-8-3-19(13-20(25)16-31-33)21-15-29-26-14-24(32-34(26)17-21)27(35)30-18-28(9-11-37-12-10-28)22-4-6-23(36-2)7-5-22/h3-8,13-17H,9-12,18H2,1-2H3,(H,30,35). The van der Waals surface area contributed by atoms with Gasteiger partial charge in [-0.05, 0) is 48.2 Å². The lowest BCUT2D eigenvalue weighted by Gasteiger charge is -2.38. The molecule has 1 aliphatic rings. The highest BCUT2D eigenvalue weighted by Crippen LogP contribution is 2.35. The van der Waals surface area contributed by atoms with Crippen molar-refractivity contribution in [3.05, 3.63) is 78.4 Å². The van der Waals surface area contributed by atoms with Crippen LogP contribution in [-0.2, 0) is 17.2 Å². The van der Waals surface area contributed by atoms with E-state index in [0.717, 1.165) is 40.6 Å². The highest BCUT2D eigenvalue weighted by Gasteiger charge is 2.35. The number of fused-ring (bicyclic) bond motifs is 2. The maximum absolute atomic E-state index is 13.2. The van der Waals surface area contributed by atoms with E-state index in [0.29, 0.717) is 31.1 Å². The molecule has 0 saturated carbocycles. The molecular formula is C28H28N6O3. The van der Waals surface area contributed by atoms with Crippen LogP contribution in [0.5, 0.6) is 5.75 Å². The number of rotatable bonds is 6. The van der Waals surface area contributed by atoms with Crippen LogP contribution in [0.15, 0.2) is 67.1 Å². The van der Waals surface area contributed by atoms with Gasteiger partial charge in [-0.15, -0.1) is 0 Å². The first-order chi connectivity index (χ1) is 18.0. The number of nitrogens with one attached hydrogen (secondary N) is 1. The normalized spacial score (nSPS) is 15.2. The lowest BCUT2D eigenvalue weighted by molar-refractivity contribution is 0.0486. The Morgan fingerprint density at radius 3 is 2.68 bits per heavy atom. The maximum Gasteiger partial charge on any atom is 0.271 e. The summed E-state index contributed by atoms with van der Waals surface area (Å²) < 4.78 is 14.4. The molecule has 1 N–H and O–H groups in total. The van der Waals surface area contributed by atoms with Crippen LogP contribution in [-0.4, -0.2) is 57.2 Å². The molecule has 9 heteroatoms. The van der Waals surface area contributed by atoms with Gasteiger partial charge in [0.25, 0.3) is 5.91 Å². The Bertz CT molecular complexity index is 1580. The maximum atomic E-state index is 13.2. The molecule has 1 aliphatic heterocycles. The molecule has 37 heavy (non-hydrogen) atoms. The third-order valence-electron chi connectivity index (χ3n) is 7.37. The zero-order valence-corrected chi connectivity index (χ0v) is 20.8. The van der Waals surface area contributed by atoms with Crippen molar-refractivity contribution >= 4 is 22.5 Å². The van der Waals surface area contributed by atoms with Crippen LogP contribution in [0.4, 0.5) is 0 Å². The number of benzene rings is 2. The first-order valence-electron chi connectivity index (χ1n) is 12.3. The number of aryl methyl sites for hydroxylation is 1. The summed E-state index contributed by atoms with van der Waals surface area (Å²) in [5.41, 5.74) is 4.91. The van der Waals surface area contributed by atoms with Gasteiger partial charge in [0.15, 0.2) is 11.3 Å². The average Bonchev–Trinajstić information content (AvgIpc) is 3.55. The van der Waals surface area contributed by atoms with Gasteiger partial charge in [-0.1, -0.05) is 18.2 Å². The number of carbonyl (C=O) groups is 1. The molecule has 0 atom stereocenters. The number of hydrogen-bond acceptors (Lipinski definition) is 6. The fourth-order valence-corrected chi connectivity index (χ4v) is 5.09. The lowest BCUT2D eigenvalue weighted by atomic mass is 9.74. The Hall–Kier alpha value is -4.24. The second kappa shape index (κ2) is 9.33. The Kier molecular flexibility index (Phi) is 5.84. The van der Waals surface area contributed by atoms with Crippen molar-refractivity contribution in [2.45, 2.75) is 18.3 Å². The zero-order chi connectivity index (χ0) is 25.4. The van der Waals surface area contributed by atoms with E-state index in [4.69, 9.17) is 9.47 Å². The molecule has 6 rings (SSSR count). The Morgan fingerprint density at radius 2 is 1.89 bits per heavy atom. The van der Waals surface area contributed by atoms with Crippen LogP contribution >= 0.6 is 0 Å². The van der Waals surface area contributed by atoms with Crippen LogP contribution in [0.25, 0.3) is 27.7 Å². The first kappa shape index (κ1) is 23.2. The molecule has 0 bridgehead atoms. The predicted octanol–water partition coefficient (Wildman–Crippen LogP) is 3.77. The smallest absolute Gasteiger partial charge is 0.271 e. The Labute approximate surface area is 214 Å². The fourth-order valence-electron chi connectivity index (χ4n) is 5.09. The van der Waals surface area contributed by atoms with E-state index in [9.17, 15) is 4.79 Å². The molecule has 0 radical (unpaired) electrons.